The predicted octanol–water partition coefficient (Wildman–Crippen LogP) is 3.25. The molecule has 150 valence electrons. The molecule has 0 atom stereocenters. The van der Waals surface area contributed by atoms with Gasteiger partial charge in [-0.05, 0) is 30.2 Å². The molecular weight excluding hydrogens is 386 g/mol. The van der Waals surface area contributed by atoms with Crippen LogP contribution < -0.4 is 10.2 Å². The molecule has 1 saturated heterocycles. The Hall–Kier alpha value is -2.58. The second kappa shape index (κ2) is 7.03. The van der Waals surface area contributed by atoms with E-state index >= 15 is 0 Å². The van der Waals surface area contributed by atoms with Crippen molar-refractivity contribution in [1.82, 2.24) is 14.6 Å². The van der Waals surface area contributed by atoms with Crippen molar-refractivity contribution in [3.8, 4) is 0 Å². The highest BCUT2D eigenvalue weighted by molar-refractivity contribution is 8.01. The Labute approximate surface area is 173 Å². The van der Waals surface area contributed by atoms with Gasteiger partial charge in [0.1, 0.15) is 5.56 Å². The van der Waals surface area contributed by atoms with E-state index in [1.54, 1.807) is 29.2 Å². The quantitative estimate of drug-likeness (QED) is 0.716. The van der Waals surface area contributed by atoms with E-state index < -0.39 is 0 Å². The Morgan fingerprint density at radius 2 is 2.10 bits per heavy atom. The number of benzene rings is 1. The fraction of sp³-hybridized carbons (Fsp3) is 0.381. The van der Waals surface area contributed by atoms with Gasteiger partial charge in [-0.25, -0.2) is 9.50 Å². The number of nitrogens with zero attached hydrogens (tertiary/aromatic N) is 4. The number of carbonyl (C=O) groups is 1. The van der Waals surface area contributed by atoms with Gasteiger partial charge in [-0.1, -0.05) is 13.8 Å². The van der Waals surface area contributed by atoms with Gasteiger partial charge in [0.2, 0.25) is 0 Å². The van der Waals surface area contributed by atoms with Crippen molar-refractivity contribution < 1.29 is 9.53 Å². The van der Waals surface area contributed by atoms with Crippen LogP contribution in [-0.2, 0) is 11.2 Å². The molecule has 3 aromatic rings. The van der Waals surface area contributed by atoms with Crippen LogP contribution >= 0.6 is 11.8 Å². The SMILES string of the molecule is CC1(C)Cc2cc(NC(=O)c3cnn4cccnc34)c(N3CCOCC3)cc2S1. The van der Waals surface area contributed by atoms with E-state index in [-0.39, 0.29) is 10.7 Å². The molecule has 1 N–H and O–H groups in total. The smallest absolute Gasteiger partial charge is 0.261 e. The molecule has 29 heavy (non-hydrogen) atoms. The molecule has 2 aromatic heterocycles. The molecule has 1 fully saturated rings. The van der Waals surface area contributed by atoms with Gasteiger partial charge in [0, 0.05) is 35.1 Å². The number of rotatable bonds is 3. The summed E-state index contributed by atoms with van der Waals surface area (Å²) in [6.45, 7) is 7.54. The van der Waals surface area contributed by atoms with E-state index in [2.05, 4.69) is 46.3 Å². The maximum Gasteiger partial charge on any atom is 0.261 e. The molecule has 8 heteroatoms. The Bertz CT molecular complexity index is 1090. The summed E-state index contributed by atoms with van der Waals surface area (Å²) in [7, 11) is 0. The fourth-order valence-electron chi connectivity index (χ4n) is 3.98. The summed E-state index contributed by atoms with van der Waals surface area (Å²) < 4.78 is 7.30. The molecule has 5 rings (SSSR count). The van der Waals surface area contributed by atoms with E-state index in [1.807, 2.05) is 11.8 Å². The maximum atomic E-state index is 13.1. The molecule has 4 heterocycles. The summed E-state index contributed by atoms with van der Waals surface area (Å²) in [4.78, 5) is 21.0. The number of aromatic nitrogens is 3. The van der Waals surface area contributed by atoms with E-state index in [4.69, 9.17) is 4.74 Å². The van der Waals surface area contributed by atoms with Crippen LogP contribution in [0.3, 0.4) is 0 Å². The van der Waals surface area contributed by atoms with Crippen molar-refractivity contribution in [2.45, 2.75) is 29.9 Å². The van der Waals surface area contributed by atoms with E-state index in [9.17, 15) is 4.79 Å². The van der Waals surface area contributed by atoms with Gasteiger partial charge >= 0.3 is 0 Å². The van der Waals surface area contributed by atoms with Gasteiger partial charge < -0.3 is 15.0 Å². The van der Waals surface area contributed by atoms with Crippen LogP contribution in [-0.4, -0.2) is 51.6 Å². The monoisotopic (exact) mass is 409 g/mol. The molecule has 0 aliphatic carbocycles. The molecule has 0 spiro atoms. The summed E-state index contributed by atoms with van der Waals surface area (Å²) >= 11 is 1.90. The third-order valence-corrected chi connectivity index (χ3v) is 6.60. The van der Waals surface area contributed by atoms with Crippen LogP contribution in [0.5, 0.6) is 0 Å². The lowest BCUT2D eigenvalue weighted by atomic mass is 10.0. The third kappa shape index (κ3) is 3.47. The highest BCUT2D eigenvalue weighted by atomic mass is 32.2. The predicted molar refractivity (Wildman–Crippen MR) is 114 cm³/mol. The zero-order chi connectivity index (χ0) is 20.0. The molecule has 2 aliphatic heterocycles. The maximum absolute atomic E-state index is 13.1. The van der Waals surface area contributed by atoms with Gasteiger partial charge in [0.05, 0.1) is 30.8 Å². The first-order chi connectivity index (χ1) is 14.0. The molecule has 0 radical (unpaired) electrons. The summed E-state index contributed by atoms with van der Waals surface area (Å²) in [6, 6.07) is 6.15. The van der Waals surface area contributed by atoms with Crippen molar-refractivity contribution >= 4 is 34.7 Å². The fourth-order valence-corrected chi connectivity index (χ4v) is 5.24. The number of carbonyl (C=O) groups excluding carboxylic acids is 1. The number of ether oxygens (including phenoxy) is 1. The summed E-state index contributed by atoms with van der Waals surface area (Å²) in [6.07, 6.45) is 6.00. The average molecular weight is 410 g/mol. The van der Waals surface area contributed by atoms with Gasteiger partial charge in [-0.15, -0.1) is 11.8 Å². The van der Waals surface area contributed by atoms with Gasteiger partial charge in [0.15, 0.2) is 5.65 Å². The zero-order valence-electron chi connectivity index (χ0n) is 16.5. The van der Waals surface area contributed by atoms with Crippen LogP contribution in [0, 0.1) is 0 Å². The van der Waals surface area contributed by atoms with Crippen LogP contribution in [0.1, 0.15) is 29.8 Å². The zero-order valence-corrected chi connectivity index (χ0v) is 17.3. The van der Waals surface area contributed by atoms with Crippen LogP contribution in [0.25, 0.3) is 5.65 Å². The summed E-state index contributed by atoms with van der Waals surface area (Å²) in [5.74, 6) is -0.196. The van der Waals surface area contributed by atoms with Crippen molar-refractivity contribution in [1.29, 1.82) is 0 Å². The number of nitrogens with one attached hydrogen (secondary N) is 1. The lowest BCUT2D eigenvalue weighted by molar-refractivity contribution is 0.102. The average Bonchev–Trinajstić information content (AvgIpc) is 3.27. The van der Waals surface area contributed by atoms with Gasteiger partial charge in [0.25, 0.3) is 5.91 Å². The van der Waals surface area contributed by atoms with Crippen LogP contribution in [0.15, 0.2) is 41.7 Å². The summed E-state index contributed by atoms with van der Waals surface area (Å²) in [5, 5.41) is 7.37. The van der Waals surface area contributed by atoms with Crippen LogP contribution in [0.4, 0.5) is 11.4 Å². The Balaban J connectivity index is 1.52. The molecule has 0 bridgehead atoms. The number of fused-ring (bicyclic) bond motifs is 2. The Morgan fingerprint density at radius 3 is 2.93 bits per heavy atom. The Morgan fingerprint density at radius 1 is 1.28 bits per heavy atom. The first-order valence-electron chi connectivity index (χ1n) is 9.78. The second-order valence-electron chi connectivity index (χ2n) is 8.02. The highest BCUT2D eigenvalue weighted by Crippen LogP contribution is 2.48. The van der Waals surface area contributed by atoms with Gasteiger partial charge in [-0.2, -0.15) is 5.10 Å². The lowest BCUT2D eigenvalue weighted by Gasteiger charge is -2.31. The van der Waals surface area contributed by atoms with E-state index in [1.165, 1.54) is 10.5 Å². The van der Waals surface area contributed by atoms with Gasteiger partial charge in [-0.3, -0.25) is 4.79 Å². The van der Waals surface area contributed by atoms with Crippen molar-refractivity contribution in [3.63, 3.8) is 0 Å². The minimum absolute atomic E-state index is 0.166. The van der Waals surface area contributed by atoms with E-state index in [0.717, 1.165) is 30.9 Å². The first-order valence-corrected chi connectivity index (χ1v) is 10.6. The number of hydrogen-bond donors (Lipinski definition) is 1. The molecule has 0 saturated carbocycles. The highest BCUT2D eigenvalue weighted by Gasteiger charge is 2.31. The van der Waals surface area contributed by atoms with Crippen LogP contribution in [0.2, 0.25) is 0 Å². The van der Waals surface area contributed by atoms with Crippen molar-refractivity contribution in [3.05, 3.63) is 47.9 Å². The van der Waals surface area contributed by atoms with Crippen molar-refractivity contribution in [2.75, 3.05) is 36.5 Å². The first kappa shape index (κ1) is 18.4. The number of hydrogen-bond acceptors (Lipinski definition) is 6. The minimum Gasteiger partial charge on any atom is -0.378 e. The second-order valence-corrected chi connectivity index (χ2v) is 9.76. The number of thioether (sulfide) groups is 1. The van der Waals surface area contributed by atoms with Crippen molar-refractivity contribution in [2.24, 2.45) is 0 Å². The molecule has 1 aromatic carbocycles. The minimum atomic E-state index is -0.196. The number of anilines is 2. The largest absolute Gasteiger partial charge is 0.378 e. The standard InChI is InChI=1S/C21H23N5O2S/c1-21(2)12-14-10-16(17(11-18(14)29-21)25-6-8-28-9-7-25)24-20(27)15-13-23-26-5-3-4-22-19(15)26/h3-5,10-11,13H,6-9,12H2,1-2H3,(H,24,27). The third-order valence-electron chi connectivity index (χ3n) is 5.31. The Kier molecular flexibility index (Phi) is 4.48. The lowest BCUT2D eigenvalue weighted by Crippen LogP contribution is -2.36. The normalized spacial score (nSPS) is 18.1. The number of morpholine rings is 1. The molecule has 7 nitrogen and oxygen atoms in total. The molecule has 1 amide bonds. The molecule has 2 aliphatic rings. The summed E-state index contributed by atoms with van der Waals surface area (Å²) in [5.41, 5.74) is 4.19. The van der Waals surface area contributed by atoms with E-state index in [0.29, 0.717) is 24.4 Å². The molecular formula is C21H23N5O2S. The topological polar surface area (TPSA) is 71.8 Å². The molecule has 0 unspecified atom stereocenters. The number of amides is 1.